The highest BCUT2D eigenvalue weighted by Crippen LogP contribution is 2.32. The summed E-state index contributed by atoms with van der Waals surface area (Å²) < 4.78 is 0. The Hall–Kier alpha value is -2.20. The standard InChI is InChI=1S/C14H9ClN2O2/c15-9-3-4-10-11(6-9)17-14(19)12(13(10)18)8-2-1-5-16-7-8/h1-7,12H,(H,17,19). The predicted molar refractivity (Wildman–Crippen MR) is 71.4 cm³/mol. The van der Waals surface area contributed by atoms with E-state index in [2.05, 4.69) is 10.3 Å². The summed E-state index contributed by atoms with van der Waals surface area (Å²) in [6.07, 6.45) is 3.13. The minimum absolute atomic E-state index is 0.233. The number of carbonyl (C=O) groups is 2. The quantitative estimate of drug-likeness (QED) is 0.812. The van der Waals surface area contributed by atoms with Crippen LogP contribution in [0.25, 0.3) is 0 Å². The van der Waals surface area contributed by atoms with Gasteiger partial charge in [0.2, 0.25) is 5.91 Å². The number of amides is 1. The van der Waals surface area contributed by atoms with E-state index >= 15 is 0 Å². The third-order valence-electron chi connectivity index (χ3n) is 3.05. The van der Waals surface area contributed by atoms with Crippen LogP contribution in [0.2, 0.25) is 5.02 Å². The first-order valence-electron chi connectivity index (χ1n) is 5.71. The van der Waals surface area contributed by atoms with Crippen LogP contribution in [0.1, 0.15) is 21.8 Å². The molecule has 1 amide bonds. The van der Waals surface area contributed by atoms with E-state index in [4.69, 9.17) is 11.6 Å². The Bertz CT molecular complexity index is 670. The van der Waals surface area contributed by atoms with Gasteiger partial charge < -0.3 is 5.32 Å². The molecule has 1 N–H and O–H groups in total. The van der Waals surface area contributed by atoms with Crippen molar-refractivity contribution in [1.29, 1.82) is 0 Å². The SMILES string of the molecule is O=C1Nc2cc(Cl)ccc2C(=O)C1c1cccnc1. The number of halogens is 1. The highest BCUT2D eigenvalue weighted by Gasteiger charge is 2.35. The fourth-order valence-electron chi connectivity index (χ4n) is 2.16. The zero-order valence-electron chi connectivity index (χ0n) is 9.76. The smallest absolute Gasteiger partial charge is 0.239 e. The van der Waals surface area contributed by atoms with Crippen molar-refractivity contribution in [2.45, 2.75) is 5.92 Å². The molecule has 0 saturated heterocycles. The lowest BCUT2D eigenvalue weighted by molar-refractivity contribution is -0.116. The van der Waals surface area contributed by atoms with E-state index in [0.717, 1.165) is 0 Å². The number of aromatic nitrogens is 1. The van der Waals surface area contributed by atoms with Crippen molar-refractivity contribution >= 4 is 29.0 Å². The van der Waals surface area contributed by atoms with Crippen LogP contribution in [0.4, 0.5) is 5.69 Å². The highest BCUT2D eigenvalue weighted by molar-refractivity contribution is 6.32. The molecule has 1 aliphatic rings. The first kappa shape index (κ1) is 11.9. The first-order valence-corrected chi connectivity index (χ1v) is 6.09. The molecule has 19 heavy (non-hydrogen) atoms. The molecule has 4 nitrogen and oxygen atoms in total. The molecule has 0 radical (unpaired) electrons. The summed E-state index contributed by atoms with van der Waals surface area (Å²) in [4.78, 5) is 28.4. The van der Waals surface area contributed by atoms with Crippen molar-refractivity contribution in [3.63, 3.8) is 0 Å². The van der Waals surface area contributed by atoms with Gasteiger partial charge in [0.05, 0.1) is 5.69 Å². The topological polar surface area (TPSA) is 59.1 Å². The van der Waals surface area contributed by atoms with E-state index < -0.39 is 5.92 Å². The Balaban J connectivity index is 2.09. The summed E-state index contributed by atoms with van der Waals surface area (Å²) in [6, 6.07) is 8.26. The number of carbonyl (C=O) groups excluding carboxylic acids is 2. The Kier molecular flexibility index (Phi) is 2.80. The van der Waals surface area contributed by atoms with Gasteiger partial charge in [-0.15, -0.1) is 0 Å². The van der Waals surface area contributed by atoms with Crippen LogP contribution in [-0.4, -0.2) is 16.7 Å². The van der Waals surface area contributed by atoms with Gasteiger partial charge in [-0.3, -0.25) is 14.6 Å². The summed E-state index contributed by atoms with van der Waals surface area (Å²) in [5.41, 5.74) is 1.52. The maximum absolute atomic E-state index is 12.4. The number of hydrogen-bond acceptors (Lipinski definition) is 3. The minimum atomic E-state index is -0.845. The van der Waals surface area contributed by atoms with Crippen LogP contribution in [0.3, 0.4) is 0 Å². The first-order chi connectivity index (χ1) is 9.16. The molecule has 94 valence electrons. The maximum atomic E-state index is 12.4. The Morgan fingerprint density at radius 2 is 2.05 bits per heavy atom. The Labute approximate surface area is 114 Å². The van der Waals surface area contributed by atoms with Crippen molar-refractivity contribution in [2.75, 3.05) is 5.32 Å². The fourth-order valence-corrected chi connectivity index (χ4v) is 2.34. The lowest BCUT2D eigenvalue weighted by Crippen LogP contribution is -2.33. The number of pyridine rings is 1. The summed E-state index contributed by atoms with van der Waals surface area (Å²) in [7, 11) is 0. The molecule has 1 aromatic heterocycles. The maximum Gasteiger partial charge on any atom is 0.239 e. The average Bonchev–Trinajstić information content (AvgIpc) is 2.39. The zero-order chi connectivity index (χ0) is 13.4. The number of rotatable bonds is 1. The number of nitrogens with one attached hydrogen (secondary N) is 1. The molecule has 2 heterocycles. The van der Waals surface area contributed by atoms with E-state index in [-0.39, 0.29) is 11.7 Å². The molecule has 0 spiro atoms. The molecule has 0 fully saturated rings. The summed E-state index contributed by atoms with van der Waals surface area (Å²) in [5, 5.41) is 3.19. The lowest BCUT2D eigenvalue weighted by Gasteiger charge is -2.23. The van der Waals surface area contributed by atoms with Crippen LogP contribution in [0, 0.1) is 0 Å². The summed E-state index contributed by atoms with van der Waals surface area (Å²) in [6.45, 7) is 0. The number of nitrogens with zero attached hydrogens (tertiary/aromatic N) is 1. The molecule has 0 bridgehead atoms. The largest absolute Gasteiger partial charge is 0.324 e. The van der Waals surface area contributed by atoms with Gasteiger partial charge in [0.15, 0.2) is 5.78 Å². The van der Waals surface area contributed by atoms with Crippen LogP contribution in [0.15, 0.2) is 42.7 Å². The number of ketones is 1. The van der Waals surface area contributed by atoms with E-state index in [1.165, 1.54) is 6.20 Å². The minimum Gasteiger partial charge on any atom is -0.324 e. The molecular weight excluding hydrogens is 264 g/mol. The van der Waals surface area contributed by atoms with Gasteiger partial charge in [0, 0.05) is 23.0 Å². The predicted octanol–water partition coefficient (Wildman–Crippen LogP) is 2.65. The summed E-state index contributed by atoms with van der Waals surface area (Å²) >= 11 is 5.85. The van der Waals surface area contributed by atoms with E-state index in [9.17, 15) is 9.59 Å². The van der Waals surface area contributed by atoms with Crippen LogP contribution < -0.4 is 5.32 Å². The van der Waals surface area contributed by atoms with Crippen LogP contribution in [0.5, 0.6) is 0 Å². The normalized spacial score (nSPS) is 17.8. The molecule has 1 unspecified atom stereocenters. The van der Waals surface area contributed by atoms with E-state index in [1.54, 1.807) is 36.5 Å². The van der Waals surface area contributed by atoms with Gasteiger partial charge in [0.25, 0.3) is 0 Å². The van der Waals surface area contributed by atoms with Crippen molar-refractivity contribution < 1.29 is 9.59 Å². The van der Waals surface area contributed by atoms with Gasteiger partial charge in [0.1, 0.15) is 5.92 Å². The number of hydrogen-bond donors (Lipinski definition) is 1. The van der Waals surface area contributed by atoms with Crippen molar-refractivity contribution in [1.82, 2.24) is 4.98 Å². The van der Waals surface area contributed by atoms with E-state index in [0.29, 0.717) is 21.8 Å². The molecule has 0 saturated carbocycles. The van der Waals surface area contributed by atoms with Gasteiger partial charge in [-0.05, 0) is 29.8 Å². The molecule has 0 aliphatic carbocycles. The highest BCUT2D eigenvalue weighted by atomic mass is 35.5. The van der Waals surface area contributed by atoms with Crippen LogP contribution in [-0.2, 0) is 4.79 Å². The molecule has 3 rings (SSSR count). The van der Waals surface area contributed by atoms with Gasteiger partial charge in [-0.25, -0.2) is 0 Å². The molecule has 5 heteroatoms. The number of Topliss-reactive ketones (excluding diaryl/α,β-unsaturated/α-hetero) is 1. The third-order valence-corrected chi connectivity index (χ3v) is 3.28. The molecule has 1 aromatic carbocycles. The Morgan fingerprint density at radius 1 is 1.21 bits per heavy atom. The van der Waals surface area contributed by atoms with Crippen LogP contribution >= 0.6 is 11.6 Å². The number of benzene rings is 1. The van der Waals surface area contributed by atoms with Gasteiger partial charge >= 0.3 is 0 Å². The molecule has 1 aliphatic heterocycles. The summed E-state index contributed by atoms with van der Waals surface area (Å²) in [5.74, 6) is -1.43. The monoisotopic (exact) mass is 272 g/mol. The second-order valence-electron chi connectivity index (χ2n) is 4.26. The second-order valence-corrected chi connectivity index (χ2v) is 4.70. The number of anilines is 1. The van der Waals surface area contributed by atoms with Crippen molar-refractivity contribution in [3.8, 4) is 0 Å². The second kappa shape index (κ2) is 4.48. The van der Waals surface area contributed by atoms with Gasteiger partial charge in [-0.1, -0.05) is 17.7 Å². The molecule has 1 atom stereocenters. The lowest BCUT2D eigenvalue weighted by atomic mass is 9.87. The van der Waals surface area contributed by atoms with Crippen molar-refractivity contribution in [3.05, 3.63) is 58.9 Å². The molecule has 2 aromatic rings. The fraction of sp³-hybridized carbons (Fsp3) is 0.0714. The van der Waals surface area contributed by atoms with Crippen molar-refractivity contribution in [2.24, 2.45) is 0 Å². The Morgan fingerprint density at radius 3 is 2.79 bits per heavy atom. The zero-order valence-corrected chi connectivity index (χ0v) is 10.5. The third kappa shape index (κ3) is 2.00. The van der Waals surface area contributed by atoms with Gasteiger partial charge in [-0.2, -0.15) is 0 Å². The molecular formula is C14H9ClN2O2. The number of fused-ring (bicyclic) bond motifs is 1. The average molecular weight is 273 g/mol. The van der Waals surface area contributed by atoms with E-state index in [1.807, 2.05) is 0 Å².